The van der Waals surface area contributed by atoms with Crippen LogP contribution < -0.4 is 0 Å². The quantitative estimate of drug-likeness (QED) is 0.406. The van der Waals surface area contributed by atoms with Crippen molar-refractivity contribution in [3.05, 3.63) is 54.1 Å². The Morgan fingerprint density at radius 3 is 2.41 bits per heavy atom. The Hall–Kier alpha value is -3.76. The predicted molar refractivity (Wildman–Crippen MR) is 119 cm³/mol. The van der Waals surface area contributed by atoms with E-state index in [2.05, 4.69) is 4.98 Å². The number of hydrogen-bond acceptors (Lipinski definition) is 7. The third-order valence-corrected chi connectivity index (χ3v) is 6.07. The van der Waals surface area contributed by atoms with Gasteiger partial charge in [-0.25, -0.2) is 9.78 Å². The fourth-order valence-electron chi connectivity index (χ4n) is 4.23. The summed E-state index contributed by atoms with van der Waals surface area (Å²) in [5, 5.41) is 39.6. The molecule has 4 rings (SSSR count). The monoisotopic (exact) mass is 468 g/mol. The van der Waals surface area contributed by atoms with Gasteiger partial charge < -0.3 is 29.7 Å². The van der Waals surface area contributed by atoms with Crippen LogP contribution in [0.2, 0.25) is 0 Å². The standard InChI is InChI=1S/C24H24N2O8/c27-19(12-24(33,22(30)31)13-20(28)29)26-11-3-10-23(32,14-26)16-8-6-15(7-9-16)21-25-17-4-1-2-5-18(17)34-21/h1-2,4-9,32-33H,3,10-14H2,(H,28,29)(H,30,31). The van der Waals surface area contributed by atoms with Gasteiger partial charge >= 0.3 is 11.9 Å². The van der Waals surface area contributed by atoms with Crippen molar-refractivity contribution in [3.63, 3.8) is 0 Å². The lowest BCUT2D eigenvalue weighted by molar-refractivity contribution is -0.170. The van der Waals surface area contributed by atoms with Gasteiger partial charge in [0.1, 0.15) is 11.1 Å². The van der Waals surface area contributed by atoms with E-state index in [0.29, 0.717) is 35.4 Å². The number of aliphatic carboxylic acids is 2. The highest BCUT2D eigenvalue weighted by Crippen LogP contribution is 2.34. The van der Waals surface area contributed by atoms with Crippen molar-refractivity contribution >= 4 is 28.9 Å². The van der Waals surface area contributed by atoms with Crippen molar-refractivity contribution in [1.29, 1.82) is 0 Å². The second kappa shape index (κ2) is 8.88. The number of amides is 1. The first-order valence-electron chi connectivity index (χ1n) is 10.7. The highest BCUT2D eigenvalue weighted by molar-refractivity contribution is 5.90. The molecule has 2 heterocycles. The predicted octanol–water partition coefficient (Wildman–Crippen LogP) is 1.99. The largest absolute Gasteiger partial charge is 0.481 e. The van der Waals surface area contributed by atoms with Crippen LogP contribution in [0.3, 0.4) is 0 Å². The summed E-state index contributed by atoms with van der Waals surface area (Å²) >= 11 is 0. The van der Waals surface area contributed by atoms with Crippen LogP contribution >= 0.6 is 0 Å². The average Bonchev–Trinajstić information content (AvgIpc) is 3.23. The van der Waals surface area contributed by atoms with Crippen molar-refractivity contribution in [2.45, 2.75) is 36.9 Å². The van der Waals surface area contributed by atoms with Gasteiger partial charge in [-0.3, -0.25) is 9.59 Å². The molecule has 2 unspecified atom stereocenters. The molecule has 10 heteroatoms. The normalized spacial score (nSPS) is 20.1. The van der Waals surface area contributed by atoms with Crippen molar-refractivity contribution in [1.82, 2.24) is 9.88 Å². The van der Waals surface area contributed by atoms with Crippen molar-refractivity contribution in [3.8, 4) is 11.5 Å². The zero-order valence-electron chi connectivity index (χ0n) is 18.2. The van der Waals surface area contributed by atoms with Crippen LogP contribution in [-0.4, -0.2) is 66.8 Å². The number of carbonyl (C=O) groups is 3. The van der Waals surface area contributed by atoms with Gasteiger partial charge in [0.15, 0.2) is 11.2 Å². The summed E-state index contributed by atoms with van der Waals surface area (Å²) in [6, 6.07) is 14.3. The number of oxazole rings is 1. The summed E-state index contributed by atoms with van der Waals surface area (Å²) in [5.74, 6) is -3.63. The molecule has 2 atom stereocenters. The molecule has 10 nitrogen and oxygen atoms in total. The molecule has 1 saturated heterocycles. The van der Waals surface area contributed by atoms with Gasteiger partial charge in [0, 0.05) is 12.1 Å². The van der Waals surface area contributed by atoms with Gasteiger partial charge in [0.25, 0.3) is 0 Å². The summed E-state index contributed by atoms with van der Waals surface area (Å²) in [7, 11) is 0. The van der Waals surface area contributed by atoms with Crippen LogP contribution in [0.15, 0.2) is 52.9 Å². The SMILES string of the molecule is O=C(O)CC(O)(CC(=O)N1CCCC(O)(c2ccc(-c3nc4ccccc4o3)cc2)C1)C(=O)O. The lowest BCUT2D eigenvalue weighted by Gasteiger charge is -2.40. The lowest BCUT2D eigenvalue weighted by Crippen LogP contribution is -2.52. The number of carboxylic acids is 2. The van der Waals surface area contributed by atoms with Crippen molar-refractivity contribution < 1.29 is 39.2 Å². The molecule has 0 saturated carbocycles. The molecule has 0 radical (unpaired) electrons. The van der Waals surface area contributed by atoms with Crippen LogP contribution in [0.5, 0.6) is 0 Å². The molecule has 0 aliphatic carbocycles. The molecule has 1 fully saturated rings. The summed E-state index contributed by atoms with van der Waals surface area (Å²) in [6.07, 6.45) is -1.19. The molecule has 178 valence electrons. The molecule has 1 aliphatic rings. The van der Waals surface area contributed by atoms with Gasteiger partial charge in [0.05, 0.1) is 19.4 Å². The Labute approximate surface area is 194 Å². The smallest absolute Gasteiger partial charge is 0.336 e. The Bertz CT molecular complexity index is 1200. The minimum absolute atomic E-state index is 0.114. The average molecular weight is 468 g/mol. The molecule has 0 spiro atoms. The van der Waals surface area contributed by atoms with E-state index in [1.54, 1.807) is 24.3 Å². The number of likely N-dealkylation sites (tertiary alicyclic amines) is 1. The maximum absolute atomic E-state index is 12.7. The molecule has 0 bridgehead atoms. The van der Waals surface area contributed by atoms with Crippen molar-refractivity contribution in [2.24, 2.45) is 0 Å². The summed E-state index contributed by atoms with van der Waals surface area (Å²) in [5.41, 5.74) is -1.45. The number of para-hydroxylation sites is 2. The molecule has 34 heavy (non-hydrogen) atoms. The highest BCUT2D eigenvalue weighted by Gasteiger charge is 2.44. The number of piperidine rings is 1. The molecule has 1 aromatic heterocycles. The number of carboxylic acid groups (broad SMARTS) is 2. The van der Waals surface area contributed by atoms with E-state index in [9.17, 15) is 29.7 Å². The first-order valence-corrected chi connectivity index (χ1v) is 10.7. The minimum atomic E-state index is -2.72. The second-order valence-electron chi connectivity index (χ2n) is 8.60. The van der Waals surface area contributed by atoms with Gasteiger partial charge in [0.2, 0.25) is 11.8 Å². The van der Waals surface area contributed by atoms with Crippen LogP contribution in [-0.2, 0) is 20.0 Å². The van der Waals surface area contributed by atoms with E-state index >= 15 is 0 Å². The maximum Gasteiger partial charge on any atom is 0.336 e. The number of carbonyl (C=O) groups excluding carboxylic acids is 1. The molecule has 1 amide bonds. The Balaban J connectivity index is 1.50. The Morgan fingerprint density at radius 1 is 1.06 bits per heavy atom. The number of nitrogens with zero attached hydrogens (tertiary/aromatic N) is 2. The number of hydrogen-bond donors (Lipinski definition) is 4. The number of aliphatic hydroxyl groups is 2. The van der Waals surface area contributed by atoms with Crippen LogP contribution in [0.25, 0.3) is 22.6 Å². The topological polar surface area (TPSA) is 161 Å². The number of aromatic nitrogens is 1. The third kappa shape index (κ3) is 4.63. The van der Waals surface area contributed by atoms with Crippen LogP contribution in [0, 0.1) is 0 Å². The van der Waals surface area contributed by atoms with Gasteiger partial charge in [-0.05, 0) is 42.7 Å². The van der Waals surface area contributed by atoms with E-state index in [1.807, 2.05) is 24.3 Å². The number of fused-ring (bicyclic) bond motifs is 1. The van der Waals surface area contributed by atoms with Gasteiger partial charge in [-0.2, -0.15) is 0 Å². The van der Waals surface area contributed by atoms with E-state index in [0.717, 1.165) is 5.52 Å². The minimum Gasteiger partial charge on any atom is -0.481 e. The highest BCUT2D eigenvalue weighted by atomic mass is 16.4. The summed E-state index contributed by atoms with van der Waals surface area (Å²) < 4.78 is 5.77. The van der Waals surface area contributed by atoms with Gasteiger partial charge in [-0.15, -0.1) is 0 Å². The van der Waals surface area contributed by atoms with Crippen molar-refractivity contribution in [2.75, 3.05) is 13.1 Å². The zero-order chi connectivity index (χ0) is 24.5. The summed E-state index contributed by atoms with van der Waals surface area (Å²) in [6.45, 7) is 0.141. The Morgan fingerprint density at radius 2 is 1.76 bits per heavy atom. The molecule has 2 aromatic carbocycles. The maximum atomic E-state index is 12.7. The first kappa shape index (κ1) is 23.4. The van der Waals surface area contributed by atoms with E-state index in [-0.39, 0.29) is 13.1 Å². The first-order chi connectivity index (χ1) is 16.1. The fourth-order valence-corrected chi connectivity index (χ4v) is 4.23. The van der Waals surface area contributed by atoms with E-state index < -0.39 is 41.9 Å². The summed E-state index contributed by atoms with van der Waals surface area (Å²) in [4.78, 5) is 40.8. The van der Waals surface area contributed by atoms with Crippen LogP contribution in [0.1, 0.15) is 31.2 Å². The lowest BCUT2D eigenvalue weighted by atomic mass is 9.84. The molecule has 3 aromatic rings. The number of benzene rings is 2. The van der Waals surface area contributed by atoms with Gasteiger partial charge in [-0.1, -0.05) is 24.3 Å². The second-order valence-corrected chi connectivity index (χ2v) is 8.60. The molecular formula is C24H24N2O8. The Kier molecular flexibility index (Phi) is 6.11. The third-order valence-electron chi connectivity index (χ3n) is 6.07. The zero-order valence-corrected chi connectivity index (χ0v) is 18.2. The number of rotatable bonds is 7. The molecule has 4 N–H and O–H groups in total. The van der Waals surface area contributed by atoms with E-state index in [4.69, 9.17) is 9.52 Å². The number of β-amino-alcohol motifs (C(OH)–C–C–N with tert-alkyl or cyclic N) is 1. The molecular weight excluding hydrogens is 444 g/mol. The molecule has 1 aliphatic heterocycles. The van der Waals surface area contributed by atoms with E-state index in [1.165, 1.54) is 4.90 Å². The van der Waals surface area contributed by atoms with Crippen LogP contribution in [0.4, 0.5) is 0 Å². The fraction of sp³-hybridized carbons (Fsp3) is 0.333.